The zero-order chi connectivity index (χ0) is 15.1. The maximum atomic E-state index is 10.5. The van der Waals surface area contributed by atoms with E-state index in [1.807, 2.05) is 0 Å². The molecule has 1 aromatic carbocycles. The molecule has 0 unspecified atom stereocenters. The molecule has 2 rings (SSSR count). The Kier molecular flexibility index (Phi) is 6.00. The van der Waals surface area contributed by atoms with Crippen LogP contribution in [0.4, 0.5) is 0 Å². The van der Waals surface area contributed by atoms with Gasteiger partial charge in [0.25, 0.3) is 0 Å². The molecule has 3 N–H and O–H groups in total. The standard InChI is InChI=1S/C18H25NO2/c19-13-17-10-8-16(9-11-17)12-15-6-4-14(5-7-15)2-1-3-18(20)21/h4-7,12,17H,1-3,8-11,13,19H2,(H,20,21). The molecule has 1 aromatic rings. The predicted octanol–water partition coefficient (Wildman–Crippen LogP) is 3.63. The van der Waals surface area contributed by atoms with Gasteiger partial charge in [0.15, 0.2) is 0 Å². The van der Waals surface area contributed by atoms with Crippen LogP contribution in [0, 0.1) is 5.92 Å². The Balaban J connectivity index is 1.86. The maximum Gasteiger partial charge on any atom is 0.303 e. The summed E-state index contributed by atoms with van der Waals surface area (Å²) in [7, 11) is 0. The number of allylic oxidation sites excluding steroid dienone is 1. The number of aryl methyl sites for hydroxylation is 1. The van der Waals surface area contributed by atoms with Crippen LogP contribution in [0.15, 0.2) is 29.8 Å². The topological polar surface area (TPSA) is 63.3 Å². The van der Waals surface area contributed by atoms with Gasteiger partial charge in [-0.1, -0.05) is 35.9 Å². The van der Waals surface area contributed by atoms with E-state index in [0.717, 1.165) is 13.0 Å². The minimum atomic E-state index is -0.718. The van der Waals surface area contributed by atoms with Gasteiger partial charge in [0.1, 0.15) is 0 Å². The first kappa shape index (κ1) is 15.8. The SMILES string of the molecule is NCC1CCC(=Cc2ccc(CCCC(=O)O)cc2)CC1. The zero-order valence-electron chi connectivity index (χ0n) is 12.6. The highest BCUT2D eigenvalue weighted by molar-refractivity contribution is 5.66. The second-order valence-corrected chi connectivity index (χ2v) is 5.97. The molecule has 0 bridgehead atoms. The number of hydrogen-bond donors (Lipinski definition) is 2. The van der Waals surface area contributed by atoms with Crippen LogP contribution in [0.3, 0.4) is 0 Å². The summed E-state index contributed by atoms with van der Waals surface area (Å²) in [6.45, 7) is 0.818. The second kappa shape index (κ2) is 7.99. The van der Waals surface area contributed by atoms with E-state index in [2.05, 4.69) is 30.3 Å². The summed E-state index contributed by atoms with van der Waals surface area (Å²) in [5.41, 5.74) is 9.71. The van der Waals surface area contributed by atoms with Crippen LogP contribution in [0.25, 0.3) is 6.08 Å². The summed E-state index contributed by atoms with van der Waals surface area (Å²) < 4.78 is 0. The Morgan fingerprint density at radius 1 is 1.24 bits per heavy atom. The summed E-state index contributed by atoms with van der Waals surface area (Å²) in [6.07, 6.45) is 8.86. The molecule has 0 atom stereocenters. The first-order chi connectivity index (χ1) is 10.2. The van der Waals surface area contributed by atoms with Gasteiger partial charge in [0, 0.05) is 6.42 Å². The van der Waals surface area contributed by atoms with E-state index in [-0.39, 0.29) is 6.42 Å². The van der Waals surface area contributed by atoms with Gasteiger partial charge in [-0.05, 0) is 62.1 Å². The number of benzene rings is 1. The number of hydrogen-bond acceptors (Lipinski definition) is 2. The Labute approximate surface area is 126 Å². The molecule has 114 valence electrons. The average Bonchev–Trinajstić information content (AvgIpc) is 2.49. The molecule has 21 heavy (non-hydrogen) atoms. The molecule has 0 amide bonds. The van der Waals surface area contributed by atoms with Crippen molar-refractivity contribution in [2.45, 2.75) is 44.9 Å². The molecule has 1 fully saturated rings. The number of carboxylic acid groups (broad SMARTS) is 1. The highest BCUT2D eigenvalue weighted by Gasteiger charge is 2.14. The van der Waals surface area contributed by atoms with Crippen molar-refractivity contribution in [1.82, 2.24) is 0 Å². The van der Waals surface area contributed by atoms with Crippen molar-refractivity contribution in [3.8, 4) is 0 Å². The van der Waals surface area contributed by atoms with Crippen molar-refractivity contribution >= 4 is 12.0 Å². The molecule has 0 radical (unpaired) electrons. The molecule has 3 heteroatoms. The summed E-state index contributed by atoms with van der Waals surface area (Å²) in [4.78, 5) is 10.5. The first-order valence-corrected chi connectivity index (χ1v) is 7.87. The third kappa shape index (κ3) is 5.35. The van der Waals surface area contributed by atoms with Gasteiger partial charge in [-0.25, -0.2) is 0 Å². The van der Waals surface area contributed by atoms with Gasteiger partial charge < -0.3 is 10.8 Å². The normalized spacial score (nSPS) is 18.5. The highest BCUT2D eigenvalue weighted by Crippen LogP contribution is 2.29. The van der Waals surface area contributed by atoms with Gasteiger partial charge >= 0.3 is 5.97 Å². The smallest absolute Gasteiger partial charge is 0.303 e. The monoisotopic (exact) mass is 287 g/mol. The Bertz CT molecular complexity index is 480. The molecular formula is C18H25NO2. The molecule has 0 saturated heterocycles. The van der Waals surface area contributed by atoms with Crippen molar-refractivity contribution in [3.63, 3.8) is 0 Å². The molecule has 0 spiro atoms. The first-order valence-electron chi connectivity index (χ1n) is 7.87. The lowest BCUT2D eigenvalue weighted by molar-refractivity contribution is -0.137. The van der Waals surface area contributed by atoms with Crippen LogP contribution in [0.2, 0.25) is 0 Å². The summed E-state index contributed by atoms with van der Waals surface area (Å²) >= 11 is 0. The Morgan fingerprint density at radius 3 is 2.48 bits per heavy atom. The van der Waals surface area contributed by atoms with Crippen LogP contribution < -0.4 is 5.73 Å². The number of carbonyl (C=O) groups is 1. The largest absolute Gasteiger partial charge is 0.481 e. The summed E-state index contributed by atoms with van der Waals surface area (Å²) in [5.74, 6) is -0.0109. The molecule has 0 aliphatic heterocycles. The summed E-state index contributed by atoms with van der Waals surface area (Å²) in [6, 6.07) is 8.50. The minimum absolute atomic E-state index is 0.244. The summed E-state index contributed by atoms with van der Waals surface area (Å²) in [5, 5.41) is 8.64. The number of aliphatic carboxylic acids is 1. The molecule has 0 aromatic heterocycles. The van der Waals surface area contributed by atoms with Gasteiger partial charge in [0.05, 0.1) is 0 Å². The maximum absolute atomic E-state index is 10.5. The van der Waals surface area contributed by atoms with Crippen LogP contribution in [0.1, 0.15) is 49.7 Å². The van der Waals surface area contributed by atoms with Crippen molar-refractivity contribution < 1.29 is 9.90 Å². The van der Waals surface area contributed by atoms with Crippen LogP contribution in [-0.2, 0) is 11.2 Å². The second-order valence-electron chi connectivity index (χ2n) is 5.97. The fourth-order valence-electron chi connectivity index (χ4n) is 2.89. The molecule has 1 aliphatic rings. The van der Waals surface area contributed by atoms with Crippen LogP contribution in [-0.4, -0.2) is 17.6 Å². The van der Waals surface area contributed by atoms with Gasteiger partial charge in [-0.15, -0.1) is 0 Å². The van der Waals surface area contributed by atoms with E-state index in [1.54, 1.807) is 0 Å². The molecule has 0 heterocycles. The van der Waals surface area contributed by atoms with Gasteiger partial charge in [-0.2, -0.15) is 0 Å². The van der Waals surface area contributed by atoms with E-state index < -0.39 is 5.97 Å². The number of rotatable bonds is 6. The lowest BCUT2D eigenvalue weighted by atomic mass is 9.85. The van der Waals surface area contributed by atoms with E-state index in [1.165, 1.54) is 42.4 Å². The zero-order valence-corrected chi connectivity index (χ0v) is 12.6. The molecule has 3 nitrogen and oxygen atoms in total. The minimum Gasteiger partial charge on any atom is -0.481 e. The Hall–Kier alpha value is -1.61. The van der Waals surface area contributed by atoms with Crippen LogP contribution in [0.5, 0.6) is 0 Å². The highest BCUT2D eigenvalue weighted by atomic mass is 16.4. The third-order valence-electron chi connectivity index (χ3n) is 4.29. The molecule has 1 saturated carbocycles. The van der Waals surface area contributed by atoms with E-state index >= 15 is 0 Å². The number of carboxylic acids is 1. The van der Waals surface area contributed by atoms with E-state index in [4.69, 9.17) is 10.8 Å². The lowest BCUT2D eigenvalue weighted by Gasteiger charge is -2.22. The van der Waals surface area contributed by atoms with Gasteiger partial charge in [0.2, 0.25) is 0 Å². The predicted molar refractivity (Wildman–Crippen MR) is 86.0 cm³/mol. The van der Waals surface area contributed by atoms with Crippen LogP contribution >= 0.6 is 0 Å². The average molecular weight is 287 g/mol. The van der Waals surface area contributed by atoms with E-state index in [9.17, 15) is 4.79 Å². The number of nitrogens with two attached hydrogens (primary N) is 1. The van der Waals surface area contributed by atoms with Crippen molar-refractivity contribution in [2.24, 2.45) is 11.7 Å². The lowest BCUT2D eigenvalue weighted by Crippen LogP contribution is -2.17. The Morgan fingerprint density at radius 2 is 1.90 bits per heavy atom. The van der Waals surface area contributed by atoms with Gasteiger partial charge in [-0.3, -0.25) is 4.79 Å². The van der Waals surface area contributed by atoms with Crippen molar-refractivity contribution in [2.75, 3.05) is 6.54 Å². The van der Waals surface area contributed by atoms with E-state index in [0.29, 0.717) is 12.3 Å². The molecular weight excluding hydrogens is 262 g/mol. The molecule has 1 aliphatic carbocycles. The quantitative estimate of drug-likeness (QED) is 0.840. The fourth-order valence-corrected chi connectivity index (χ4v) is 2.89. The third-order valence-corrected chi connectivity index (χ3v) is 4.29. The van der Waals surface area contributed by atoms with Crippen molar-refractivity contribution in [1.29, 1.82) is 0 Å². The fraction of sp³-hybridized carbons (Fsp3) is 0.500. The van der Waals surface area contributed by atoms with Crippen molar-refractivity contribution in [3.05, 3.63) is 41.0 Å².